The Kier molecular flexibility index (Phi) is 3.60. The van der Waals surface area contributed by atoms with Crippen molar-refractivity contribution >= 4 is 0 Å². The van der Waals surface area contributed by atoms with E-state index in [0.717, 1.165) is 24.7 Å². The van der Waals surface area contributed by atoms with Crippen LogP contribution in [-0.4, -0.2) is 16.7 Å². The number of aryl methyl sites for hydroxylation is 1. The summed E-state index contributed by atoms with van der Waals surface area (Å²) in [6.45, 7) is 3.83. The Morgan fingerprint density at radius 1 is 1.26 bits per heavy atom. The van der Waals surface area contributed by atoms with E-state index in [1.807, 2.05) is 0 Å². The highest BCUT2D eigenvalue weighted by atomic mass is 16.5. The smallest absolute Gasteiger partial charge is 0.240 e. The molecule has 1 fully saturated rings. The molecule has 0 radical (unpaired) electrons. The summed E-state index contributed by atoms with van der Waals surface area (Å²) in [4.78, 5) is 4.40. The molecular formula is C15H19N3O. The fraction of sp³-hybridized carbons (Fsp3) is 0.467. The molecule has 1 aliphatic carbocycles. The Morgan fingerprint density at radius 3 is 2.79 bits per heavy atom. The Hall–Kier alpha value is -1.68. The molecule has 1 aromatic heterocycles. The highest BCUT2D eigenvalue weighted by Gasteiger charge is 2.20. The first-order valence-corrected chi connectivity index (χ1v) is 6.87. The topological polar surface area (TPSA) is 51.0 Å². The van der Waals surface area contributed by atoms with Crippen molar-refractivity contribution in [3.05, 3.63) is 47.1 Å². The first-order valence-electron chi connectivity index (χ1n) is 6.87. The Bertz CT molecular complexity index is 529. The van der Waals surface area contributed by atoms with E-state index in [1.165, 1.54) is 24.0 Å². The second kappa shape index (κ2) is 5.53. The lowest BCUT2D eigenvalue weighted by Gasteiger charge is -1.98. The molecular weight excluding hydrogens is 238 g/mol. The van der Waals surface area contributed by atoms with Crippen molar-refractivity contribution in [1.29, 1.82) is 0 Å². The van der Waals surface area contributed by atoms with Crippen molar-refractivity contribution in [1.82, 2.24) is 15.5 Å². The van der Waals surface area contributed by atoms with Gasteiger partial charge in [-0.15, -0.1) is 0 Å². The Balaban J connectivity index is 1.53. The number of rotatable bonds is 6. The zero-order valence-corrected chi connectivity index (χ0v) is 11.2. The molecule has 1 N–H and O–H groups in total. The summed E-state index contributed by atoms with van der Waals surface area (Å²) in [5, 5.41) is 7.37. The summed E-state index contributed by atoms with van der Waals surface area (Å²) in [7, 11) is 0. The van der Waals surface area contributed by atoms with E-state index in [1.54, 1.807) is 0 Å². The predicted octanol–water partition coefficient (Wildman–Crippen LogP) is 2.47. The van der Waals surface area contributed by atoms with Crippen molar-refractivity contribution < 1.29 is 4.52 Å². The number of aromatic nitrogens is 2. The molecule has 1 aliphatic rings. The highest BCUT2D eigenvalue weighted by Crippen LogP contribution is 2.27. The van der Waals surface area contributed by atoms with Crippen LogP contribution >= 0.6 is 0 Å². The molecule has 0 bridgehead atoms. The molecule has 0 atom stereocenters. The summed E-state index contributed by atoms with van der Waals surface area (Å²) in [5.41, 5.74) is 2.48. The van der Waals surface area contributed by atoms with Gasteiger partial charge in [-0.25, -0.2) is 0 Å². The summed E-state index contributed by atoms with van der Waals surface area (Å²) in [6.07, 6.45) is 3.44. The lowest BCUT2D eigenvalue weighted by atomic mass is 10.1. The van der Waals surface area contributed by atoms with Crippen molar-refractivity contribution in [2.24, 2.45) is 5.92 Å². The van der Waals surface area contributed by atoms with Gasteiger partial charge in [-0.3, -0.25) is 0 Å². The lowest BCUT2D eigenvalue weighted by molar-refractivity contribution is 0.362. The SMILES string of the molecule is Cc1ccc(Cc2noc(CNCC3CC3)n2)cc1. The average Bonchev–Trinajstić information content (AvgIpc) is 3.12. The van der Waals surface area contributed by atoms with Crippen LogP contribution in [0.5, 0.6) is 0 Å². The zero-order valence-electron chi connectivity index (χ0n) is 11.2. The minimum absolute atomic E-state index is 0.678. The number of nitrogens with one attached hydrogen (secondary N) is 1. The Morgan fingerprint density at radius 2 is 2.05 bits per heavy atom. The number of benzene rings is 1. The van der Waals surface area contributed by atoms with Crippen LogP contribution in [0.4, 0.5) is 0 Å². The molecule has 1 aromatic carbocycles. The van der Waals surface area contributed by atoms with E-state index in [0.29, 0.717) is 12.4 Å². The molecule has 1 heterocycles. The molecule has 0 saturated heterocycles. The first-order chi connectivity index (χ1) is 9.29. The van der Waals surface area contributed by atoms with Crippen molar-refractivity contribution in [2.75, 3.05) is 6.54 Å². The van der Waals surface area contributed by atoms with E-state index in [9.17, 15) is 0 Å². The van der Waals surface area contributed by atoms with Crippen LogP contribution < -0.4 is 5.32 Å². The summed E-state index contributed by atoms with van der Waals surface area (Å²) in [6, 6.07) is 8.43. The van der Waals surface area contributed by atoms with E-state index < -0.39 is 0 Å². The number of hydrogen-bond acceptors (Lipinski definition) is 4. The molecule has 1 saturated carbocycles. The highest BCUT2D eigenvalue weighted by molar-refractivity contribution is 5.23. The van der Waals surface area contributed by atoms with Crippen LogP contribution in [0.2, 0.25) is 0 Å². The van der Waals surface area contributed by atoms with Crippen molar-refractivity contribution in [3.63, 3.8) is 0 Å². The van der Waals surface area contributed by atoms with Gasteiger partial charge < -0.3 is 9.84 Å². The largest absolute Gasteiger partial charge is 0.338 e. The quantitative estimate of drug-likeness (QED) is 0.863. The third-order valence-electron chi connectivity index (χ3n) is 3.40. The average molecular weight is 257 g/mol. The maximum Gasteiger partial charge on any atom is 0.240 e. The number of hydrogen-bond donors (Lipinski definition) is 1. The maximum absolute atomic E-state index is 5.24. The van der Waals surface area contributed by atoms with Gasteiger partial charge in [0.15, 0.2) is 5.82 Å². The minimum Gasteiger partial charge on any atom is -0.338 e. The second-order valence-corrected chi connectivity index (χ2v) is 5.34. The molecule has 4 nitrogen and oxygen atoms in total. The minimum atomic E-state index is 0.678. The van der Waals surface area contributed by atoms with Gasteiger partial charge in [0, 0.05) is 6.42 Å². The molecule has 0 amide bonds. The Labute approximate surface area is 113 Å². The first kappa shape index (κ1) is 12.4. The fourth-order valence-electron chi connectivity index (χ4n) is 2.03. The van der Waals surface area contributed by atoms with E-state index >= 15 is 0 Å². The van der Waals surface area contributed by atoms with Crippen LogP contribution in [0.25, 0.3) is 0 Å². The van der Waals surface area contributed by atoms with Gasteiger partial charge >= 0.3 is 0 Å². The molecule has 0 aliphatic heterocycles. The van der Waals surface area contributed by atoms with Gasteiger partial charge in [-0.2, -0.15) is 4.98 Å². The summed E-state index contributed by atoms with van der Waals surface area (Å²) >= 11 is 0. The third kappa shape index (κ3) is 3.64. The molecule has 2 aromatic rings. The third-order valence-corrected chi connectivity index (χ3v) is 3.40. The van der Waals surface area contributed by atoms with Gasteiger partial charge in [0.2, 0.25) is 5.89 Å². The van der Waals surface area contributed by atoms with Crippen LogP contribution in [0.15, 0.2) is 28.8 Å². The molecule has 0 unspecified atom stereocenters. The molecule has 4 heteroatoms. The lowest BCUT2D eigenvalue weighted by Crippen LogP contribution is -2.16. The van der Waals surface area contributed by atoms with Crippen molar-refractivity contribution in [3.8, 4) is 0 Å². The van der Waals surface area contributed by atoms with Gasteiger partial charge in [0.25, 0.3) is 0 Å². The van der Waals surface area contributed by atoms with Gasteiger partial charge in [0.1, 0.15) is 0 Å². The molecule has 0 spiro atoms. The molecule has 100 valence electrons. The molecule has 19 heavy (non-hydrogen) atoms. The van der Waals surface area contributed by atoms with Crippen LogP contribution in [-0.2, 0) is 13.0 Å². The monoisotopic (exact) mass is 257 g/mol. The standard InChI is InChI=1S/C15H19N3O/c1-11-2-4-12(5-3-11)8-14-17-15(19-18-14)10-16-9-13-6-7-13/h2-5,13,16H,6-10H2,1H3. The van der Waals surface area contributed by atoms with Crippen molar-refractivity contribution in [2.45, 2.75) is 32.7 Å². The van der Waals surface area contributed by atoms with E-state index in [-0.39, 0.29) is 0 Å². The van der Waals surface area contributed by atoms with Crippen LogP contribution in [0, 0.1) is 12.8 Å². The molecule has 3 rings (SSSR count). The van der Waals surface area contributed by atoms with Gasteiger partial charge in [-0.05, 0) is 37.8 Å². The predicted molar refractivity (Wildman–Crippen MR) is 72.7 cm³/mol. The fourth-order valence-corrected chi connectivity index (χ4v) is 2.03. The van der Waals surface area contributed by atoms with Crippen LogP contribution in [0.1, 0.15) is 35.7 Å². The zero-order chi connectivity index (χ0) is 13.1. The maximum atomic E-state index is 5.24. The second-order valence-electron chi connectivity index (χ2n) is 5.34. The van der Waals surface area contributed by atoms with Crippen LogP contribution in [0.3, 0.4) is 0 Å². The van der Waals surface area contributed by atoms with E-state index in [2.05, 4.69) is 46.6 Å². The van der Waals surface area contributed by atoms with Gasteiger partial charge in [-0.1, -0.05) is 35.0 Å². The van der Waals surface area contributed by atoms with Gasteiger partial charge in [0.05, 0.1) is 6.54 Å². The summed E-state index contributed by atoms with van der Waals surface area (Å²) in [5.74, 6) is 2.31. The number of nitrogens with zero attached hydrogens (tertiary/aromatic N) is 2. The van der Waals surface area contributed by atoms with E-state index in [4.69, 9.17) is 4.52 Å². The summed E-state index contributed by atoms with van der Waals surface area (Å²) < 4.78 is 5.24. The normalized spacial score (nSPS) is 14.8.